The molecule has 3 nitrogen and oxygen atoms in total. The molecular weight excluding hydrogens is 349 g/mol. The average Bonchev–Trinajstić information content (AvgIpc) is 2.28. The van der Waals surface area contributed by atoms with Gasteiger partial charge in [0.1, 0.15) is 0 Å². The minimum absolute atomic E-state index is 0. The van der Waals surface area contributed by atoms with Gasteiger partial charge in [0.05, 0.1) is 0 Å². The fourth-order valence-electron chi connectivity index (χ4n) is 1.76. The minimum atomic E-state index is 0. The summed E-state index contributed by atoms with van der Waals surface area (Å²) >= 11 is 0. The van der Waals surface area contributed by atoms with Crippen LogP contribution in [0.25, 0.3) is 0 Å². The number of rotatable bonds is 5. The molecule has 0 fully saturated rings. The van der Waals surface area contributed by atoms with E-state index in [1.807, 2.05) is 0 Å². The molecule has 19 heavy (non-hydrogen) atoms. The predicted octanol–water partition coefficient (Wildman–Crippen LogP) is 3.12. The van der Waals surface area contributed by atoms with E-state index in [4.69, 9.17) is 0 Å². The van der Waals surface area contributed by atoms with E-state index in [1.165, 1.54) is 11.1 Å². The fourth-order valence-corrected chi connectivity index (χ4v) is 1.76. The van der Waals surface area contributed by atoms with Crippen LogP contribution in [0.4, 0.5) is 0 Å². The second-order valence-corrected chi connectivity index (χ2v) is 4.80. The van der Waals surface area contributed by atoms with E-state index >= 15 is 0 Å². The van der Waals surface area contributed by atoms with Crippen LogP contribution in [0.2, 0.25) is 0 Å². The number of aryl methyl sites for hydroxylation is 1. The SMILES string of the molecule is CCNC(=NCCc1cccc(C)c1)NC(C)C.I. The van der Waals surface area contributed by atoms with Crippen LogP contribution in [0.5, 0.6) is 0 Å². The van der Waals surface area contributed by atoms with Crippen molar-refractivity contribution in [2.75, 3.05) is 13.1 Å². The predicted molar refractivity (Wildman–Crippen MR) is 94.5 cm³/mol. The monoisotopic (exact) mass is 375 g/mol. The van der Waals surface area contributed by atoms with Gasteiger partial charge in [-0.15, -0.1) is 24.0 Å². The molecule has 0 atom stereocenters. The molecule has 0 saturated carbocycles. The highest BCUT2D eigenvalue weighted by atomic mass is 127. The standard InChI is InChI=1S/C15H25N3.HI/c1-5-16-15(18-12(2)3)17-10-9-14-8-6-7-13(4)11-14;/h6-8,11-12H,5,9-10H2,1-4H3,(H2,16,17,18);1H. The van der Waals surface area contributed by atoms with Crippen molar-refractivity contribution < 1.29 is 0 Å². The summed E-state index contributed by atoms with van der Waals surface area (Å²) < 4.78 is 0. The number of benzene rings is 1. The molecule has 0 aliphatic rings. The normalized spacial score (nSPS) is 11.1. The number of nitrogens with zero attached hydrogens (tertiary/aromatic N) is 1. The van der Waals surface area contributed by atoms with Gasteiger partial charge in [-0.1, -0.05) is 29.8 Å². The van der Waals surface area contributed by atoms with Crippen LogP contribution in [-0.2, 0) is 6.42 Å². The molecule has 0 amide bonds. The van der Waals surface area contributed by atoms with Crippen LogP contribution in [0, 0.1) is 6.92 Å². The molecular formula is C15H26IN3. The molecule has 1 aromatic carbocycles. The van der Waals surface area contributed by atoms with E-state index in [0.717, 1.165) is 25.5 Å². The summed E-state index contributed by atoms with van der Waals surface area (Å²) in [5.41, 5.74) is 2.66. The average molecular weight is 375 g/mol. The lowest BCUT2D eigenvalue weighted by atomic mass is 10.1. The summed E-state index contributed by atoms with van der Waals surface area (Å²) in [4.78, 5) is 4.57. The highest BCUT2D eigenvalue weighted by molar-refractivity contribution is 14.0. The Kier molecular flexibility index (Phi) is 9.65. The van der Waals surface area contributed by atoms with E-state index in [2.05, 4.69) is 67.6 Å². The summed E-state index contributed by atoms with van der Waals surface area (Å²) in [6.07, 6.45) is 0.982. The van der Waals surface area contributed by atoms with E-state index in [-0.39, 0.29) is 24.0 Å². The third-order valence-electron chi connectivity index (χ3n) is 2.52. The first-order chi connectivity index (χ1) is 8.61. The number of guanidine groups is 1. The molecule has 108 valence electrons. The van der Waals surface area contributed by atoms with Gasteiger partial charge in [-0.25, -0.2) is 0 Å². The second kappa shape index (κ2) is 10.1. The first kappa shape index (κ1) is 18.2. The number of hydrogen-bond acceptors (Lipinski definition) is 1. The zero-order chi connectivity index (χ0) is 13.4. The van der Waals surface area contributed by atoms with Crippen LogP contribution in [0.15, 0.2) is 29.3 Å². The molecule has 0 spiro atoms. The summed E-state index contributed by atoms with van der Waals surface area (Å²) in [5.74, 6) is 0.903. The summed E-state index contributed by atoms with van der Waals surface area (Å²) in [6.45, 7) is 10.1. The van der Waals surface area contributed by atoms with Crippen molar-refractivity contribution in [2.24, 2.45) is 4.99 Å². The van der Waals surface area contributed by atoms with Crippen LogP contribution in [0.1, 0.15) is 31.9 Å². The second-order valence-electron chi connectivity index (χ2n) is 4.80. The highest BCUT2D eigenvalue weighted by Crippen LogP contribution is 2.04. The van der Waals surface area contributed by atoms with Crippen LogP contribution >= 0.6 is 24.0 Å². The lowest BCUT2D eigenvalue weighted by Gasteiger charge is -2.13. The van der Waals surface area contributed by atoms with Gasteiger partial charge < -0.3 is 10.6 Å². The van der Waals surface area contributed by atoms with E-state index in [9.17, 15) is 0 Å². The van der Waals surface area contributed by atoms with Crippen molar-refractivity contribution in [1.82, 2.24) is 10.6 Å². The van der Waals surface area contributed by atoms with E-state index < -0.39 is 0 Å². The first-order valence-corrected chi connectivity index (χ1v) is 6.72. The van der Waals surface area contributed by atoms with Gasteiger partial charge in [-0.05, 0) is 39.7 Å². The summed E-state index contributed by atoms with van der Waals surface area (Å²) in [6, 6.07) is 9.01. The number of aliphatic imine (C=N–C) groups is 1. The van der Waals surface area contributed by atoms with Crippen molar-refractivity contribution in [2.45, 2.75) is 40.2 Å². The quantitative estimate of drug-likeness (QED) is 0.471. The Morgan fingerprint density at radius 3 is 2.63 bits per heavy atom. The Morgan fingerprint density at radius 2 is 2.05 bits per heavy atom. The lowest BCUT2D eigenvalue weighted by molar-refractivity contribution is 0.700. The smallest absolute Gasteiger partial charge is 0.191 e. The minimum Gasteiger partial charge on any atom is -0.357 e. The topological polar surface area (TPSA) is 36.4 Å². The zero-order valence-corrected chi connectivity index (χ0v) is 14.7. The van der Waals surface area contributed by atoms with Crippen molar-refractivity contribution in [3.63, 3.8) is 0 Å². The largest absolute Gasteiger partial charge is 0.357 e. The van der Waals surface area contributed by atoms with Crippen molar-refractivity contribution >= 4 is 29.9 Å². The third kappa shape index (κ3) is 8.08. The van der Waals surface area contributed by atoms with Crippen LogP contribution < -0.4 is 10.6 Å². The van der Waals surface area contributed by atoms with E-state index in [1.54, 1.807) is 0 Å². The fraction of sp³-hybridized carbons (Fsp3) is 0.533. The summed E-state index contributed by atoms with van der Waals surface area (Å²) in [7, 11) is 0. The van der Waals surface area contributed by atoms with Gasteiger partial charge in [0.15, 0.2) is 5.96 Å². The molecule has 0 aromatic heterocycles. The molecule has 0 unspecified atom stereocenters. The van der Waals surface area contributed by atoms with Crippen LogP contribution in [0.3, 0.4) is 0 Å². The highest BCUT2D eigenvalue weighted by Gasteiger charge is 1.99. The molecule has 2 N–H and O–H groups in total. The Morgan fingerprint density at radius 1 is 1.32 bits per heavy atom. The maximum atomic E-state index is 4.57. The summed E-state index contributed by atoms with van der Waals surface area (Å²) in [5, 5.41) is 6.57. The third-order valence-corrected chi connectivity index (χ3v) is 2.52. The van der Waals surface area contributed by atoms with Crippen molar-refractivity contribution in [3.05, 3.63) is 35.4 Å². The zero-order valence-electron chi connectivity index (χ0n) is 12.4. The Hall–Kier alpha value is -0.780. The van der Waals surface area contributed by atoms with Gasteiger partial charge in [-0.3, -0.25) is 4.99 Å². The number of nitrogens with one attached hydrogen (secondary N) is 2. The molecule has 1 aromatic rings. The Labute approximate surface area is 134 Å². The molecule has 0 saturated heterocycles. The van der Waals surface area contributed by atoms with Gasteiger partial charge >= 0.3 is 0 Å². The molecule has 0 heterocycles. The number of hydrogen-bond donors (Lipinski definition) is 2. The van der Waals surface area contributed by atoms with Gasteiger partial charge in [-0.2, -0.15) is 0 Å². The maximum absolute atomic E-state index is 4.57. The molecule has 4 heteroatoms. The van der Waals surface area contributed by atoms with Crippen molar-refractivity contribution in [3.8, 4) is 0 Å². The molecule has 0 aliphatic heterocycles. The molecule has 0 bridgehead atoms. The molecule has 0 radical (unpaired) electrons. The van der Waals surface area contributed by atoms with E-state index in [0.29, 0.717) is 6.04 Å². The molecule has 0 aliphatic carbocycles. The van der Waals surface area contributed by atoms with Crippen LogP contribution in [-0.4, -0.2) is 25.1 Å². The van der Waals surface area contributed by atoms with Gasteiger partial charge in [0.25, 0.3) is 0 Å². The van der Waals surface area contributed by atoms with Crippen molar-refractivity contribution in [1.29, 1.82) is 0 Å². The number of halogens is 1. The Bertz CT molecular complexity index is 389. The Balaban J connectivity index is 0.00000324. The maximum Gasteiger partial charge on any atom is 0.191 e. The first-order valence-electron chi connectivity index (χ1n) is 6.72. The molecule has 1 rings (SSSR count). The van der Waals surface area contributed by atoms with Gasteiger partial charge in [0, 0.05) is 19.1 Å². The lowest BCUT2D eigenvalue weighted by Crippen LogP contribution is -2.41. The van der Waals surface area contributed by atoms with Gasteiger partial charge in [0.2, 0.25) is 0 Å².